The number of nitrogens with zero attached hydrogens (tertiary/aromatic N) is 1. The van der Waals surface area contributed by atoms with E-state index in [1.807, 2.05) is 4.90 Å². The molecule has 7 heteroatoms. The average Bonchev–Trinajstić information content (AvgIpc) is 2.64. The summed E-state index contributed by atoms with van der Waals surface area (Å²) < 4.78 is 0. The Morgan fingerprint density at radius 1 is 1.48 bits per heavy atom. The number of carbonyl (C=O) groups is 2. The number of halogens is 1. The van der Waals surface area contributed by atoms with Crippen molar-refractivity contribution in [2.45, 2.75) is 12.8 Å². The number of hydrogen-bond acceptors (Lipinski definition) is 4. The van der Waals surface area contributed by atoms with Crippen molar-refractivity contribution < 1.29 is 9.59 Å². The number of nitrogen functional groups attached to an aromatic ring is 1. The van der Waals surface area contributed by atoms with E-state index in [0.29, 0.717) is 42.5 Å². The van der Waals surface area contributed by atoms with E-state index in [4.69, 9.17) is 17.3 Å². The molecule has 0 unspecified atom stereocenters. The number of nitrogens with two attached hydrogens (primary N) is 1. The van der Waals surface area contributed by atoms with E-state index in [2.05, 4.69) is 10.6 Å². The Morgan fingerprint density at radius 2 is 2.29 bits per heavy atom. The van der Waals surface area contributed by atoms with E-state index in [9.17, 15) is 9.59 Å². The second kappa shape index (κ2) is 7.28. The van der Waals surface area contributed by atoms with E-state index in [0.717, 1.165) is 13.0 Å². The number of carbonyl (C=O) groups excluding carboxylic acids is 2. The van der Waals surface area contributed by atoms with Crippen LogP contribution in [0.4, 0.5) is 11.4 Å². The number of anilines is 2. The Bertz CT molecular complexity index is 536. The zero-order valence-electron chi connectivity index (χ0n) is 11.7. The van der Waals surface area contributed by atoms with Gasteiger partial charge in [0.25, 0.3) is 0 Å². The SMILES string of the molecule is Nc1ccc(NC(=O)CCN2CCCNC(=O)C2)c(Cl)c1. The first-order chi connectivity index (χ1) is 10.0. The Labute approximate surface area is 128 Å². The number of rotatable bonds is 4. The largest absolute Gasteiger partial charge is 0.399 e. The molecule has 1 aliphatic heterocycles. The zero-order chi connectivity index (χ0) is 15.2. The van der Waals surface area contributed by atoms with Crippen molar-refractivity contribution in [3.05, 3.63) is 23.2 Å². The fourth-order valence-corrected chi connectivity index (χ4v) is 2.40. The average molecular weight is 311 g/mol. The second-order valence-electron chi connectivity index (χ2n) is 5.02. The van der Waals surface area contributed by atoms with Crippen molar-refractivity contribution in [3.8, 4) is 0 Å². The summed E-state index contributed by atoms with van der Waals surface area (Å²) in [4.78, 5) is 25.3. The van der Waals surface area contributed by atoms with E-state index in [-0.39, 0.29) is 11.8 Å². The summed E-state index contributed by atoms with van der Waals surface area (Å²) in [6.45, 7) is 2.40. The number of benzene rings is 1. The van der Waals surface area contributed by atoms with Crippen LogP contribution in [0.15, 0.2) is 18.2 Å². The van der Waals surface area contributed by atoms with Gasteiger partial charge in [-0.1, -0.05) is 11.6 Å². The molecule has 0 bridgehead atoms. The molecule has 21 heavy (non-hydrogen) atoms. The van der Waals surface area contributed by atoms with E-state index in [1.165, 1.54) is 0 Å². The molecular formula is C14H19ClN4O2. The van der Waals surface area contributed by atoms with Gasteiger partial charge < -0.3 is 16.4 Å². The molecule has 1 aromatic rings. The van der Waals surface area contributed by atoms with Crippen LogP contribution in [0.5, 0.6) is 0 Å². The Kier molecular flexibility index (Phi) is 5.41. The van der Waals surface area contributed by atoms with Gasteiger partial charge in [-0.05, 0) is 24.6 Å². The summed E-state index contributed by atoms with van der Waals surface area (Å²) >= 11 is 6.01. The highest BCUT2D eigenvalue weighted by atomic mass is 35.5. The molecule has 0 aliphatic carbocycles. The standard InChI is InChI=1S/C14H19ClN4O2/c15-11-8-10(16)2-3-12(11)18-13(20)4-7-19-6-1-5-17-14(21)9-19/h2-3,8H,1,4-7,9,16H2,(H,17,21)(H,18,20). The molecule has 1 aromatic carbocycles. The highest BCUT2D eigenvalue weighted by molar-refractivity contribution is 6.34. The van der Waals surface area contributed by atoms with Crippen LogP contribution in [-0.4, -0.2) is 42.9 Å². The quantitative estimate of drug-likeness (QED) is 0.726. The molecule has 0 aromatic heterocycles. The molecule has 2 amide bonds. The molecular weight excluding hydrogens is 292 g/mol. The summed E-state index contributed by atoms with van der Waals surface area (Å²) in [5, 5.41) is 5.97. The molecule has 114 valence electrons. The predicted molar refractivity (Wildman–Crippen MR) is 83.2 cm³/mol. The highest BCUT2D eigenvalue weighted by Crippen LogP contribution is 2.24. The van der Waals surface area contributed by atoms with Crippen molar-refractivity contribution >= 4 is 34.8 Å². The second-order valence-corrected chi connectivity index (χ2v) is 5.42. The number of hydrogen-bond donors (Lipinski definition) is 3. The van der Waals surface area contributed by atoms with E-state index in [1.54, 1.807) is 18.2 Å². The summed E-state index contributed by atoms with van der Waals surface area (Å²) in [7, 11) is 0. The maximum absolute atomic E-state index is 11.9. The fourth-order valence-electron chi connectivity index (χ4n) is 2.16. The van der Waals surface area contributed by atoms with Crippen LogP contribution in [0.2, 0.25) is 5.02 Å². The van der Waals surface area contributed by atoms with Crippen LogP contribution in [0.3, 0.4) is 0 Å². The lowest BCUT2D eigenvalue weighted by atomic mass is 10.2. The third kappa shape index (κ3) is 4.91. The van der Waals surface area contributed by atoms with Crippen molar-refractivity contribution in [3.63, 3.8) is 0 Å². The monoisotopic (exact) mass is 310 g/mol. The Hall–Kier alpha value is -1.79. The van der Waals surface area contributed by atoms with Crippen LogP contribution in [0.1, 0.15) is 12.8 Å². The van der Waals surface area contributed by atoms with Gasteiger partial charge in [-0.25, -0.2) is 0 Å². The topological polar surface area (TPSA) is 87.5 Å². The molecule has 4 N–H and O–H groups in total. The molecule has 2 rings (SSSR count). The zero-order valence-corrected chi connectivity index (χ0v) is 12.4. The number of amides is 2. The van der Waals surface area contributed by atoms with Gasteiger partial charge in [0.1, 0.15) is 0 Å². The number of nitrogens with one attached hydrogen (secondary N) is 2. The van der Waals surface area contributed by atoms with Gasteiger partial charge in [0.2, 0.25) is 11.8 Å². The normalized spacial score (nSPS) is 16.1. The third-order valence-corrected chi connectivity index (χ3v) is 3.58. The van der Waals surface area contributed by atoms with Crippen LogP contribution in [-0.2, 0) is 9.59 Å². The third-order valence-electron chi connectivity index (χ3n) is 3.26. The van der Waals surface area contributed by atoms with Gasteiger partial charge >= 0.3 is 0 Å². The van der Waals surface area contributed by atoms with Crippen molar-refractivity contribution in [2.24, 2.45) is 0 Å². The lowest BCUT2D eigenvalue weighted by Crippen LogP contribution is -2.34. The molecule has 6 nitrogen and oxygen atoms in total. The predicted octanol–water partition coefficient (Wildman–Crippen LogP) is 1.07. The lowest BCUT2D eigenvalue weighted by molar-refractivity contribution is -0.122. The van der Waals surface area contributed by atoms with Gasteiger partial charge in [0.15, 0.2) is 0 Å². The van der Waals surface area contributed by atoms with Crippen LogP contribution < -0.4 is 16.4 Å². The minimum atomic E-state index is -0.133. The van der Waals surface area contributed by atoms with Crippen molar-refractivity contribution in [2.75, 3.05) is 37.2 Å². The first kappa shape index (κ1) is 15.6. The maximum Gasteiger partial charge on any atom is 0.234 e. The molecule has 0 radical (unpaired) electrons. The first-order valence-corrected chi connectivity index (χ1v) is 7.26. The van der Waals surface area contributed by atoms with Crippen LogP contribution >= 0.6 is 11.6 Å². The summed E-state index contributed by atoms with van der Waals surface area (Å²) in [6, 6.07) is 4.95. The molecule has 1 aliphatic rings. The Morgan fingerprint density at radius 3 is 3.05 bits per heavy atom. The fraction of sp³-hybridized carbons (Fsp3) is 0.429. The van der Waals surface area contributed by atoms with E-state index < -0.39 is 0 Å². The molecule has 0 spiro atoms. The molecule has 1 heterocycles. The summed E-state index contributed by atoms with van der Waals surface area (Å²) in [5.41, 5.74) is 6.70. The first-order valence-electron chi connectivity index (χ1n) is 6.88. The highest BCUT2D eigenvalue weighted by Gasteiger charge is 2.15. The smallest absolute Gasteiger partial charge is 0.234 e. The van der Waals surface area contributed by atoms with Gasteiger partial charge in [0, 0.05) is 31.7 Å². The Balaban J connectivity index is 1.82. The minimum absolute atomic E-state index is 0.00878. The van der Waals surface area contributed by atoms with Crippen molar-refractivity contribution in [1.29, 1.82) is 0 Å². The summed E-state index contributed by atoms with van der Waals surface area (Å²) in [5.74, 6) is -0.124. The molecule has 1 fully saturated rings. The van der Waals surface area contributed by atoms with Crippen LogP contribution in [0, 0.1) is 0 Å². The minimum Gasteiger partial charge on any atom is -0.399 e. The maximum atomic E-state index is 11.9. The summed E-state index contributed by atoms with van der Waals surface area (Å²) in [6.07, 6.45) is 1.21. The lowest BCUT2D eigenvalue weighted by Gasteiger charge is -2.18. The van der Waals surface area contributed by atoms with Gasteiger partial charge in [-0.15, -0.1) is 0 Å². The van der Waals surface area contributed by atoms with E-state index >= 15 is 0 Å². The van der Waals surface area contributed by atoms with Crippen LogP contribution in [0.25, 0.3) is 0 Å². The van der Waals surface area contributed by atoms with Gasteiger partial charge in [-0.2, -0.15) is 0 Å². The molecule has 1 saturated heterocycles. The molecule has 0 saturated carbocycles. The van der Waals surface area contributed by atoms with Crippen molar-refractivity contribution in [1.82, 2.24) is 10.2 Å². The molecule has 0 atom stereocenters. The van der Waals surface area contributed by atoms with Gasteiger partial charge in [-0.3, -0.25) is 14.5 Å². The van der Waals surface area contributed by atoms with Gasteiger partial charge in [0.05, 0.1) is 17.3 Å².